The Kier molecular flexibility index (Phi) is 2.84. The van der Waals surface area contributed by atoms with E-state index >= 15 is 0 Å². The normalized spacial score (nSPS) is 29.5. The first-order chi connectivity index (χ1) is 9.09. The van der Waals surface area contributed by atoms with Crippen LogP contribution in [0.1, 0.15) is 35.2 Å². The number of aromatic nitrogens is 1. The van der Waals surface area contributed by atoms with E-state index in [1.54, 1.807) is 17.3 Å². The quantitative estimate of drug-likeness (QED) is 0.851. The first-order valence-electron chi connectivity index (χ1n) is 6.76. The number of carbonyl (C=O) groups excluding carboxylic acids is 1. The fraction of sp³-hybridized carbons (Fsp3) is 0.571. The highest BCUT2D eigenvalue weighted by Gasteiger charge is 2.49. The third-order valence-corrected chi connectivity index (χ3v) is 4.59. The topological polar surface area (TPSA) is 73.4 Å². The average molecular weight is 262 g/mol. The zero-order chi connectivity index (χ0) is 13.6. The summed E-state index contributed by atoms with van der Waals surface area (Å²) < 4.78 is 0. The molecule has 0 aromatic carbocycles. The van der Waals surface area contributed by atoms with Crippen LogP contribution in [-0.2, 0) is 4.79 Å². The minimum atomic E-state index is -0.865. The van der Waals surface area contributed by atoms with Gasteiger partial charge in [-0.05, 0) is 37.2 Å². The molecule has 1 saturated heterocycles. The van der Waals surface area contributed by atoms with Gasteiger partial charge in [0.25, 0.3) is 5.91 Å². The van der Waals surface area contributed by atoms with Gasteiger partial charge in [0.15, 0.2) is 0 Å². The minimum absolute atomic E-state index is 0.140. The second-order valence-electron chi connectivity index (χ2n) is 5.65. The molecule has 2 fully saturated rings. The lowest BCUT2D eigenvalue weighted by Gasteiger charge is -2.24. The zero-order valence-electron chi connectivity index (χ0n) is 10.9. The van der Waals surface area contributed by atoms with Crippen LogP contribution in [0.3, 0.4) is 0 Å². The number of likely N-dealkylation sites (tertiary alicyclic amines) is 1. The second-order valence-corrected chi connectivity index (χ2v) is 5.65. The number of nitrogens with zero attached hydrogens (tertiary/aromatic N) is 1. The number of aliphatic carboxylic acids is 1. The second kappa shape index (κ2) is 4.40. The molecule has 0 bridgehead atoms. The Balaban J connectivity index is 1.90. The van der Waals surface area contributed by atoms with Crippen LogP contribution in [0.25, 0.3) is 0 Å². The summed E-state index contributed by atoms with van der Waals surface area (Å²) in [6, 6.07) is -0.644. The average Bonchev–Trinajstić information content (AvgIpc) is 3.00. The molecule has 1 saturated carbocycles. The van der Waals surface area contributed by atoms with E-state index in [0.29, 0.717) is 18.0 Å². The van der Waals surface area contributed by atoms with Gasteiger partial charge in [0.05, 0.1) is 5.56 Å². The van der Waals surface area contributed by atoms with E-state index in [4.69, 9.17) is 0 Å². The van der Waals surface area contributed by atoms with E-state index < -0.39 is 12.0 Å². The number of hydrogen-bond acceptors (Lipinski definition) is 2. The molecular formula is C14H18N2O3. The Hall–Kier alpha value is -1.78. The predicted octanol–water partition coefficient (Wildman–Crippen LogP) is 1.65. The smallest absolute Gasteiger partial charge is 0.326 e. The summed E-state index contributed by atoms with van der Waals surface area (Å²) in [5, 5.41) is 9.44. The molecule has 1 aromatic rings. The van der Waals surface area contributed by atoms with Crippen LogP contribution >= 0.6 is 0 Å². The first kappa shape index (κ1) is 12.3. The van der Waals surface area contributed by atoms with Crippen LogP contribution < -0.4 is 0 Å². The predicted molar refractivity (Wildman–Crippen MR) is 68.8 cm³/mol. The third-order valence-electron chi connectivity index (χ3n) is 4.59. The van der Waals surface area contributed by atoms with E-state index in [1.807, 2.05) is 6.92 Å². The highest BCUT2D eigenvalue weighted by atomic mass is 16.4. The lowest BCUT2D eigenvalue weighted by Crippen LogP contribution is -2.43. The molecule has 2 heterocycles. The van der Waals surface area contributed by atoms with E-state index in [9.17, 15) is 14.7 Å². The summed E-state index contributed by atoms with van der Waals surface area (Å²) in [6.45, 7) is 2.45. The number of carboxylic acid groups (broad SMARTS) is 1. The van der Waals surface area contributed by atoms with Crippen molar-refractivity contribution in [2.75, 3.05) is 6.54 Å². The standard InChI is InChI=1S/C14H18N2O3/c1-8-5-15-6-11(8)13(17)16-7-9-3-2-4-10(9)12(16)14(18)19/h5-6,9-10,12,15H,2-4,7H2,1H3,(H,18,19)/t9-,10-,12+/m0/s1. The van der Waals surface area contributed by atoms with Crippen molar-refractivity contribution < 1.29 is 14.7 Å². The summed E-state index contributed by atoms with van der Waals surface area (Å²) >= 11 is 0. The highest BCUT2D eigenvalue weighted by Crippen LogP contribution is 2.42. The highest BCUT2D eigenvalue weighted by molar-refractivity contribution is 5.98. The van der Waals surface area contributed by atoms with Gasteiger partial charge in [0.2, 0.25) is 0 Å². The lowest BCUT2D eigenvalue weighted by atomic mass is 9.94. The van der Waals surface area contributed by atoms with Gasteiger partial charge in [-0.25, -0.2) is 4.79 Å². The largest absolute Gasteiger partial charge is 0.480 e. The summed E-state index contributed by atoms with van der Waals surface area (Å²) in [4.78, 5) is 28.5. The molecule has 5 heteroatoms. The van der Waals surface area contributed by atoms with E-state index in [-0.39, 0.29) is 11.8 Å². The van der Waals surface area contributed by atoms with Crippen molar-refractivity contribution in [1.29, 1.82) is 0 Å². The number of H-pyrrole nitrogens is 1. The SMILES string of the molecule is Cc1c[nH]cc1C(=O)N1C[C@@H]2CCC[C@@H]2[C@@H]1C(=O)O. The molecule has 5 nitrogen and oxygen atoms in total. The van der Waals surface area contributed by atoms with Gasteiger partial charge < -0.3 is 15.0 Å². The van der Waals surface area contributed by atoms with Crippen LogP contribution in [-0.4, -0.2) is 39.5 Å². The van der Waals surface area contributed by atoms with Crippen LogP contribution in [0, 0.1) is 18.8 Å². The molecule has 1 aliphatic carbocycles. The van der Waals surface area contributed by atoms with Gasteiger partial charge in [-0.1, -0.05) is 6.42 Å². The summed E-state index contributed by atoms with van der Waals surface area (Å²) in [7, 11) is 0. The van der Waals surface area contributed by atoms with E-state index in [1.165, 1.54) is 0 Å². The van der Waals surface area contributed by atoms with Crippen molar-refractivity contribution in [3.05, 3.63) is 23.5 Å². The van der Waals surface area contributed by atoms with Gasteiger partial charge in [-0.3, -0.25) is 4.79 Å². The fourth-order valence-electron chi connectivity index (χ4n) is 3.66. The Morgan fingerprint density at radius 2 is 2.16 bits per heavy atom. The molecule has 3 rings (SSSR count). The molecule has 0 unspecified atom stereocenters. The molecule has 0 spiro atoms. The molecular weight excluding hydrogens is 244 g/mol. The van der Waals surface area contributed by atoms with Gasteiger partial charge in [-0.15, -0.1) is 0 Å². The van der Waals surface area contributed by atoms with Crippen LogP contribution in [0.4, 0.5) is 0 Å². The fourth-order valence-corrected chi connectivity index (χ4v) is 3.66. The maximum atomic E-state index is 12.5. The van der Waals surface area contributed by atoms with E-state index in [2.05, 4.69) is 4.98 Å². The molecule has 1 amide bonds. The van der Waals surface area contributed by atoms with Crippen molar-refractivity contribution in [1.82, 2.24) is 9.88 Å². The zero-order valence-corrected chi connectivity index (χ0v) is 10.9. The number of nitrogens with one attached hydrogen (secondary N) is 1. The number of amides is 1. The number of rotatable bonds is 2. The summed E-state index contributed by atoms with van der Waals surface area (Å²) in [5.74, 6) is -0.513. The number of carboxylic acids is 1. The maximum Gasteiger partial charge on any atom is 0.326 e. The Morgan fingerprint density at radius 1 is 1.37 bits per heavy atom. The Labute approximate surface area is 111 Å². The summed E-state index contributed by atoms with van der Waals surface area (Å²) in [6.07, 6.45) is 6.48. The lowest BCUT2D eigenvalue weighted by molar-refractivity contribution is -0.142. The molecule has 2 N–H and O–H groups in total. The first-order valence-corrected chi connectivity index (χ1v) is 6.76. The van der Waals surface area contributed by atoms with Crippen LogP contribution in [0.15, 0.2) is 12.4 Å². The van der Waals surface area contributed by atoms with Gasteiger partial charge in [-0.2, -0.15) is 0 Å². The van der Waals surface area contributed by atoms with Crippen molar-refractivity contribution in [3.63, 3.8) is 0 Å². The number of fused-ring (bicyclic) bond motifs is 1. The molecule has 0 radical (unpaired) electrons. The van der Waals surface area contributed by atoms with E-state index in [0.717, 1.165) is 24.8 Å². The number of hydrogen-bond donors (Lipinski definition) is 2. The monoisotopic (exact) mass is 262 g/mol. The minimum Gasteiger partial charge on any atom is -0.480 e. The van der Waals surface area contributed by atoms with Gasteiger partial charge in [0, 0.05) is 18.9 Å². The summed E-state index contributed by atoms with van der Waals surface area (Å²) in [5.41, 5.74) is 1.46. The molecule has 102 valence electrons. The van der Waals surface area contributed by atoms with Crippen molar-refractivity contribution in [2.45, 2.75) is 32.2 Å². The molecule has 19 heavy (non-hydrogen) atoms. The number of carbonyl (C=O) groups is 2. The van der Waals surface area contributed by atoms with Gasteiger partial charge in [0.1, 0.15) is 6.04 Å². The third kappa shape index (κ3) is 1.84. The van der Waals surface area contributed by atoms with Gasteiger partial charge >= 0.3 is 5.97 Å². The van der Waals surface area contributed by atoms with Crippen LogP contribution in [0.5, 0.6) is 0 Å². The van der Waals surface area contributed by atoms with Crippen molar-refractivity contribution in [3.8, 4) is 0 Å². The van der Waals surface area contributed by atoms with Crippen LogP contribution in [0.2, 0.25) is 0 Å². The number of aryl methyl sites for hydroxylation is 1. The molecule has 2 aliphatic rings. The van der Waals surface area contributed by atoms with Crippen molar-refractivity contribution >= 4 is 11.9 Å². The Bertz CT molecular complexity index is 523. The molecule has 1 aliphatic heterocycles. The molecule has 3 atom stereocenters. The maximum absolute atomic E-state index is 12.5. The molecule has 1 aromatic heterocycles. The number of aromatic amines is 1. The van der Waals surface area contributed by atoms with Crippen molar-refractivity contribution in [2.24, 2.45) is 11.8 Å². The Morgan fingerprint density at radius 3 is 2.79 bits per heavy atom.